The summed E-state index contributed by atoms with van der Waals surface area (Å²) in [6.07, 6.45) is 1.81. The summed E-state index contributed by atoms with van der Waals surface area (Å²) >= 11 is 0. The monoisotopic (exact) mass is 303 g/mol. The van der Waals surface area contributed by atoms with Crippen LogP contribution >= 0.6 is 0 Å². The summed E-state index contributed by atoms with van der Waals surface area (Å²) in [6.45, 7) is 6.90. The number of nitrogens with one attached hydrogen (secondary N) is 2. The minimum atomic E-state index is -0.251. The summed E-state index contributed by atoms with van der Waals surface area (Å²) in [4.78, 5) is 25.1. The van der Waals surface area contributed by atoms with E-state index < -0.39 is 0 Å². The van der Waals surface area contributed by atoms with Gasteiger partial charge in [-0.05, 0) is 44.4 Å². The van der Waals surface area contributed by atoms with E-state index in [1.807, 2.05) is 39.0 Å². The molecule has 1 heterocycles. The molecule has 1 aliphatic heterocycles. The zero-order valence-electron chi connectivity index (χ0n) is 13.5. The molecule has 0 radical (unpaired) electrons. The quantitative estimate of drug-likeness (QED) is 0.836. The largest absolute Gasteiger partial charge is 0.306 e. The van der Waals surface area contributed by atoms with E-state index in [1.165, 1.54) is 5.01 Å². The lowest BCUT2D eigenvalue weighted by atomic mass is 10.0. The van der Waals surface area contributed by atoms with Crippen LogP contribution in [-0.4, -0.2) is 35.5 Å². The summed E-state index contributed by atoms with van der Waals surface area (Å²) in [5, 5.41) is 4.70. The van der Waals surface area contributed by atoms with Crippen molar-refractivity contribution in [3.8, 4) is 0 Å². The average molecular weight is 303 g/mol. The fraction of sp³-hybridized carbons (Fsp3) is 0.529. The van der Waals surface area contributed by atoms with Crippen LogP contribution in [0.5, 0.6) is 0 Å². The summed E-state index contributed by atoms with van der Waals surface area (Å²) in [5.41, 5.74) is 3.35. The van der Waals surface area contributed by atoms with Crippen molar-refractivity contribution in [3.63, 3.8) is 0 Å². The van der Waals surface area contributed by atoms with Gasteiger partial charge < -0.3 is 5.32 Å². The topological polar surface area (TPSA) is 61.4 Å². The van der Waals surface area contributed by atoms with Crippen molar-refractivity contribution in [1.29, 1.82) is 0 Å². The number of nitrogens with zero attached hydrogens (tertiary/aromatic N) is 1. The Balaban J connectivity index is 2.13. The summed E-state index contributed by atoms with van der Waals surface area (Å²) in [7, 11) is 0. The highest BCUT2D eigenvalue weighted by Crippen LogP contribution is 2.14. The highest BCUT2D eigenvalue weighted by molar-refractivity contribution is 5.96. The van der Waals surface area contributed by atoms with E-state index in [1.54, 1.807) is 12.1 Å². The SMILES string of the molecule is CC(C)[C@@H](C)N(NC(=O)c1ccccc1)C(=O)C1CCCN1. The Morgan fingerprint density at radius 2 is 1.91 bits per heavy atom. The van der Waals surface area contributed by atoms with Crippen LogP contribution in [0.25, 0.3) is 0 Å². The maximum Gasteiger partial charge on any atom is 0.269 e. The third-order valence-electron chi connectivity index (χ3n) is 4.23. The number of hydrogen-bond donors (Lipinski definition) is 2. The first-order chi connectivity index (χ1) is 10.5. The van der Waals surface area contributed by atoms with Crippen LogP contribution in [0.2, 0.25) is 0 Å². The van der Waals surface area contributed by atoms with E-state index >= 15 is 0 Å². The molecule has 1 aliphatic rings. The molecule has 1 saturated heterocycles. The maximum atomic E-state index is 12.7. The Morgan fingerprint density at radius 1 is 1.23 bits per heavy atom. The lowest BCUT2D eigenvalue weighted by molar-refractivity contribution is -0.139. The Hall–Kier alpha value is -1.88. The molecule has 0 aliphatic carbocycles. The molecule has 1 fully saturated rings. The molecule has 0 aromatic heterocycles. The van der Waals surface area contributed by atoms with Crippen molar-refractivity contribution in [2.45, 2.75) is 45.7 Å². The summed E-state index contributed by atoms with van der Waals surface area (Å²) in [5.74, 6) is -0.0520. The Kier molecular flexibility index (Phi) is 5.55. The average Bonchev–Trinajstić information content (AvgIpc) is 3.06. The molecule has 22 heavy (non-hydrogen) atoms. The van der Waals surface area contributed by atoms with Gasteiger partial charge in [0.2, 0.25) is 0 Å². The third kappa shape index (κ3) is 3.85. The zero-order chi connectivity index (χ0) is 16.1. The maximum absolute atomic E-state index is 12.7. The van der Waals surface area contributed by atoms with Crippen LogP contribution in [0.1, 0.15) is 44.0 Å². The Bertz CT molecular complexity index is 510. The van der Waals surface area contributed by atoms with Crippen LogP contribution < -0.4 is 10.7 Å². The molecule has 1 unspecified atom stereocenters. The number of amides is 2. The second-order valence-electron chi connectivity index (χ2n) is 6.15. The van der Waals surface area contributed by atoms with E-state index in [2.05, 4.69) is 10.7 Å². The van der Waals surface area contributed by atoms with E-state index in [-0.39, 0.29) is 29.8 Å². The molecule has 2 rings (SSSR count). The molecule has 120 valence electrons. The molecule has 2 amide bonds. The lowest BCUT2D eigenvalue weighted by Gasteiger charge is -2.33. The normalized spacial score (nSPS) is 19.0. The first kappa shape index (κ1) is 16.5. The molecular weight excluding hydrogens is 278 g/mol. The smallest absolute Gasteiger partial charge is 0.269 e. The van der Waals surface area contributed by atoms with Gasteiger partial charge in [0.1, 0.15) is 0 Å². The standard InChI is InChI=1S/C17H25N3O2/c1-12(2)13(3)20(17(22)15-10-7-11-18-15)19-16(21)14-8-5-4-6-9-14/h4-6,8-9,12-13,15,18H,7,10-11H2,1-3H3,(H,19,21)/t13-,15?/m1/s1. The van der Waals surface area contributed by atoms with Crippen LogP contribution in [-0.2, 0) is 4.79 Å². The number of carbonyl (C=O) groups excluding carboxylic acids is 2. The Morgan fingerprint density at radius 3 is 2.45 bits per heavy atom. The van der Waals surface area contributed by atoms with Gasteiger partial charge in [-0.3, -0.25) is 15.0 Å². The molecule has 5 heteroatoms. The number of benzene rings is 1. The minimum absolute atomic E-state index is 0.0528. The van der Waals surface area contributed by atoms with Crippen molar-refractivity contribution in [1.82, 2.24) is 15.8 Å². The third-order valence-corrected chi connectivity index (χ3v) is 4.23. The van der Waals surface area contributed by atoms with Gasteiger partial charge in [0.25, 0.3) is 11.8 Å². The summed E-state index contributed by atoms with van der Waals surface area (Å²) in [6, 6.07) is 8.70. The molecular formula is C17H25N3O2. The number of carbonyl (C=O) groups is 2. The summed E-state index contributed by atoms with van der Waals surface area (Å²) < 4.78 is 0. The van der Waals surface area contributed by atoms with Gasteiger partial charge in [-0.25, -0.2) is 5.01 Å². The van der Waals surface area contributed by atoms with Crippen molar-refractivity contribution in [2.75, 3.05) is 6.54 Å². The van der Waals surface area contributed by atoms with Gasteiger partial charge in [0.15, 0.2) is 0 Å². The highest BCUT2D eigenvalue weighted by Gasteiger charge is 2.32. The van der Waals surface area contributed by atoms with Crippen molar-refractivity contribution < 1.29 is 9.59 Å². The highest BCUT2D eigenvalue weighted by atomic mass is 16.2. The molecule has 5 nitrogen and oxygen atoms in total. The van der Waals surface area contributed by atoms with Gasteiger partial charge >= 0.3 is 0 Å². The fourth-order valence-corrected chi connectivity index (χ4v) is 2.48. The molecule has 2 N–H and O–H groups in total. The zero-order valence-corrected chi connectivity index (χ0v) is 13.5. The van der Waals surface area contributed by atoms with Crippen molar-refractivity contribution in [2.24, 2.45) is 5.92 Å². The molecule has 1 aromatic carbocycles. The van der Waals surface area contributed by atoms with Gasteiger partial charge in [0.05, 0.1) is 12.1 Å². The lowest BCUT2D eigenvalue weighted by Crippen LogP contribution is -2.57. The molecule has 0 saturated carbocycles. The van der Waals surface area contributed by atoms with Crippen molar-refractivity contribution in [3.05, 3.63) is 35.9 Å². The van der Waals surface area contributed by atoms with Crippen molar-refractivity contribution >= 4 is 11.8 Å². The van der Waals surface area contributed by atoms with Gasteiger partial charge in [-0.15, -0.1) is 0 Å². The second-order valence-corrected chi connectivity index (χ2v) is 6.15. The van der Waals surface area contributed by atoms with Gasteiger partial charge in [-0.2, -0.15) is 0 Å². The van der Waals surface area contributed by atoms with E-state index in [4.69, 9.17) is 0 Å². The van der Waals surface area contributed by atoms with E-state index in [0.717, 1.165) is 19.4 Å². The number of hydrazine groups is 1. The molecule has 0 bridgehead atoms. The van der Waals surface area contributed by atoms with Gasteiger partial charge in [-0.1, -0.05) is 32.0 Å². The molecule has 0 spiro atoms. The van der Waals surface area contributed by atoms with Crippen LogP contribution in [0.15, 0.2) is 30.3 Å². The fourth-order valence-electron chi connectivity index (χ4n) is 2.48. The Labute approximate surface area is 132 Å². The molecule has 1 aromatic rings. The number of hydrogen-bond acceptors (Lipinski definition) is 3. The predicted octanol–water partition coefficient (Wildman–Crippen LogP) is 1.96. The predicted molar refractivity (Wildman–Crippen MR) is 86.1 cm³/mol. The molecule has 2 atom stereocenters. The van der Waals surface area contributed by atoms with Gasteiger partial charge in [0, 0.05) is 5.56 Å². The van der Waals surface area contributed by atoms with Crippen LogP contribution in [0, 0.1) is 5.92 Å². The van der Waals surface area contributed by atoms with E-state index in [0.29, 0.717) is 5.56 Å². The van der Waals surface area contributed by atoms with Crippen LogP contribution in [0.3, 0.4) is 0 Å². The number of rotatable bonds is 4. The second kappa shape index (κ2) is 7.40. The van der Waals surface area contributed by atoms with E-state index in [9.17, 15) is 9.59 Å². The minimum Gasteiger partial charge on any atom is -0.306 e. The first-order valence-corrected chi connectivity index (χ1v) is 7.93. The van der Waals surface area contributed by atoms with Crippen LogP contribution in [0.4, 0.5) is 0 Å². The first-order valence-electron chi connectivity index (χ1n) is 7.93.